The molecule has 0 saturated carbocycles. The van der Waals surface area contributed by atoms with Gasteiger partial charge in [-0.2, -0.15) is 0 Å². The van der Waals surface area contributed by atoms with Gasteiger partial charge in [0.25, 0.3) is 0 Å². The minimum Gasteiger partial charge on any atom is -0.358 e. The molecule has 0 N–H and O–H groups in total. The Hall–Kier alpha value is -1.31. The van der Waals surface area contributed by atoms with Crippen LogP contribution in [0.5, 0.6) is 0 Å². The third kappa shape index (κ3) is 1.75. The summed E-state index contributed by atoms with van der Waals surface area (Å²) in [4.78, 5) is 7.42. The Kier molecular flexibility index (Phi) is 2.69. The summed E-state index contributed by atoms with van der Waals surface area (Å²) in [7, 11) is 0. The lowest BCUT2D eigenvalue weighted by atomic mass is 9.77. The molecule has 0 amide bonds. The molecule has 1 aliphatic heterocycles. The predicted octanol–water partition coefficient (Wildman–Crippen LogP) is 2.98. The quantitative estimate of drug-likeness (QED) is 0.739. The maximum Gasteiger partial charge on any atom is 0.0966 e. The van der Waals surface area contributed by atoms with Crippen LogP contribution in [0.25, 0.3) is 0 Å². The monoisotopic (exact) mass is 242 g/mol. The van der Waals surface area contributed by atoms with Gasteiger partial charge in [0, 0.05) is 13.1 Å². The number of aliphatic imine (C=N–C) groups is 1. The summed E-state index contributed by atoms with van der Waals surface area (Å²) in [6.45, 7) is 8.81. The van der Waals surface area contributed by atoms with Crippen molar-refractivity contribution in [3.8, 4) is 0 Å². The van der Waals surface area contributed by atoms with E-state index in [2.05, 4.69) is 43.9 Å². The SMILES string of the molecule is CCN1CC2(CCc3c(C)cccc3C2)N=C1C. The molecule has 2 heteroatoms. The van der Waals surface area contributed by atoms with E-state index >= 15 is 0 Å². The van der Waals surface area contributed by atoms with Gasteiger partial charge < -0.3 is 4.90 Å². The molecule has 18 heavy (non-hydrogen) atoms. The molecule has 0 bridgehead atoms. The van der Waals surface area contributed by atoms with E-state index in [1.807, 2.05) is 0 Å². The second-order valence-electron chi connectivity index (χ2n) is 5.79. The van der Waals surface area contributed by atoms with Crippen molar-refractivity contribution in [2.45, 2.75) is 45.6 Å². The number of aryl methyl sites for hydroxylation is 1. The van der Waals surface area contributed by atoms with Gasteiger partial charge >= 0.3 is 0 Å². The van der Waals surface area contributed by atoms with Crippen LogP contribution in [0.2, 0.25) is 0 Å². The Morgan fingerprint density at radius 3 is 2.89 bits per heavy atom. The number of hydrogen-bond acceptors (Lipinski definition) is 2. The minimum atomic E-state index is 0.168. The highest BCUT2D eigenvalue weighted by molar-refractivity contribution is 5.82. The molecule has 3 rings (SSSR count). The molecule has 2 aliphatic rings. The highest BCUT2D eigenvalue weighted by Gasteiger charge is 2.40. The molecule has 1 aliphatic carbocycles. The molecule has 0 saturated heterocycles. The van der Waals surface area contributed by atoms with Crippen molar-refractivity contribution in [1.29, 1.82) is 0 Å². The van der Waals surface area contributed by atoms with E-state index in [0.717, 1.165) is 19.5 Å². The Labute approximate surface area is 110 Å². The first-order chi connectivity index (χ1) is 8.63. The van der Waals surface area contributed by atoms with Crippen LogP contribution in [0.1, 0.15) is 37.0 Å². The van der Waals surface area contributed by atoms with Crippen molar-refractivity contribution in [3.63, 3.8) is 0 Å². The smallest absolute Gasteiger partial charge is 0.0966 e. The second kappa shape index (κ2) is 4.11. The first-order valence-corrected chi connectivity index (χ1v) is 7.02. The predicted molar refractivity (Wildman–Crippen MR) is 76.3 cm³/mol. The fraction of sp³-hybridized carbons (Fsp3) is 0.562. The molecular formula is C16H22N2. The van der Waals surface area contributed by atoms with Crippen molar-refractivity contribution in [3.05, 3.63) is 34.9 Å². The van der Waals surface area contributed by atoms with Gasteiger partial charge in [0.05, 0.1) is 11.4 Å². The summed E-state index contributed by atoms with van der Waals surface area (Å²) in [6, 6.07) is 6.72. The zero-order valence-corrected chi connectivity index (χ0v) is 11.7. The largest absolute Gasteiger partial charge is 0.358 e. The zero-order valence-electron chi connectivity index (χ0n) is 11.7. The normalized spacial score (nSPS) is 26.4. The van der Waals surface area contributed by atoms with Crippen LogP contribution in [0.3, 0.4) is 0 Å². The van der Waals surface area contributed by atoms with E-state index in [-0.39, 0.29) is 5.54 Å². The number of likely N-dealkylation sites (N-methyl/N-ethyl adjacent to an activating group) is 1. The average molecular weight is 242 g/mol. The summed E-state index contributed by atoms with van der Waals surface area (Å²) in [6.07, 6.45) is 3.52. The molecule has 1 aromatic rings. The fourth-order valence-electron chi connectivity index (χ4n) is 3.58. The topological polar surface area (TPSA) is 15.6 Å². The highest BCUT2D eigenvalue weighted by atomic mass is 15.3. The van der Waals surface area contributed by atoms with Crippen molar-refractivity contribution in [2.24, 2.45) is 4.99 Å². The van der Waals surface area contributed by atoms with Crippen LogP contribution < -0.4 is 0 Å². The van der Waals surface area contributed by atoms with Gasteiger partial charge in [-0.05, 0) is 56.7 Å². The third-order valence-corrected chi connectivity index (χ3v) is 4.59. The van der Waals surface area contributed by atoms with Gasteiger partial charge in [-0.1, -0.05) is 18.2 Å². The van der Waals surface area contributed by atoms with Crippen molar-refractivity contribution < 1.29 is 0 Å². The maximum atomic E-state index is 5.00. The van der Waals surface area contributed by atoms with Gasteiger partial charge in [-0.15, -0.1) is 0 Å². The molecule has 1 unspecified atom stereocenters. The zero-order chi connectivity index (χ0) is 12.8. The third-order valence-electron chi connectivity index (χ3n) is 4.59. The van der Waals surface area contributed by atoms with Gasteiger partial charge in [0.15, 0.2) is 0 Å². The van der Waals surface area contributed by atoms with Crippen LogP contribution >= 0.6 is 0 Å². The molecule has 0 fully saturated rings. The van der Waals surface area contributed by atoms with Crippen LogP contribution in [-0.2, 0) is 12.8 Å². The molecular weight excluding hydrogens is 220 g/mol. The van der Waals surface area contributed by atoms with E-state index in [4.69, 9.17) is 4.99 Å². The average Bonchev–Trinajstić information content (AvgIpc) is 2.65. The first-order valence-electron chi connectivity index (χ1n) is 7.02. The molecule has 1 aromatic carbocycles. The first kappa shape index (κ1) is 11.8. The lowest BCUT2D eigenvalue weighted by Gasteiger charge is -2.33. The van der Waals surface area contributed by atoms with Crippen LogP contribution in [-0.4, -0.2) is 29.4 Å². The highest BCUT2D eigenvalue weighted by Crippen LogP contribution is 2.36. The standard InChI is InChI=1S/C16H22N2/c1-4-18-11-16(17-13(18)3)9-8-15-12(2)6-5-7-14(15)10-16/h5-7H,4,8-11H2,1-3H3. The van der Waals surface area contributed by atoms with E-state index in [0.29, 0.717) is 0 Å². The minimum absolute atomic E-state index is 0.168. The van der Waals surface area contributed by atoms with Gasteiger partial charge in [0.2, 0.25) is 0 Å². The van der Waals surface area contributed by atoms with Crippen LogP contribution in [0, 0.1) is 6.92 Å². The second-order valence-corrected chi connectivity index (χ2v) is 5.79. The molecule has 0 radical (unpaired) electrons. The summed E-state index contributed by atoms with van der Waals surface area (Å²) >= 11 is 0. The maximum absolute atomic E-state index is 5.00. The number of hydrogen-bond donors (Lipinski definition) is 0. The Bertz CT molecular complexity index is 504. The fourth-order valence-corrected chi connectivity index (χ4v) is 3.58. The van der Waals surface area contributed by atoms with Gasteiger partial charge in [-0.25, -0.2) is 0 Å². The van der Waals surface area contributed by atoms with Crippen LogP contribution in [0.4, 0.5) is 0 Å². The summed E-state index contributed by atoms with van der Waals surface area (Å²) in [5.74, 6) is 1.23. The number of rotatable bonds is 1. The number of amidine groups is 1. The van der Waals surface area contributed by atoms with Crippen LogP contribution in [0.15, 0.2) is 23.2 Å². The molecule has 0 aromatic heterocycles. The molecule has 1 atom stereocenters. The molecule has 1 spiro atoms. The Morgan fingerprint density at radius 1 is 1.33 bits per heavy atom. The van der Waals surface area contributed by atoms with Crippen molar-refractivity contribution in [1.82, 2.24) is 4.90 Å². The van der Waals surface area contributed by atoms with Gasteiger partial charge in [0.1, 0.15) is 0 Å². The number of benzene rings is 1. The number of fused-ring (bicyclic) bond motifs is 1. The molecule has 1 heterocycles. The molecule has 96 valence electrons. The Balaban J connectivity index is 1.92. The lowest BCUT2D eigenvalue weighted by Crippen LogP contribution is -2.40. The van der Waals surface area contributed by atoms with Gasteiger partial charge in [-0.3, -0.25) is 4.99 Å². The summed E-state index contributed by atoms with van der Waals surface area (Å²) < 4.78 is 0. The Morgan fingerprint density at radius 2 is 2.17 bits per heavy atom. The molecule has 2 nitrogen and oxygen atoms in total. The number of nitrogens with zero attached hydrogens (tertiary/aromatic N) is 2. The van der Waals surface area contributed by atoms with E-state index in [1.54, 1.807) is 5.56 Å². The summed E-state index contributed by atoms with van der Waals surface area (Å²) in [5, 5.41) is 0. The van der Waals surface area contributed by atoms with E-state index in [9.17, 15) is 0 Å². The lowest BCUT2D eigenvalue weighted by molar-refractivity contribution is 0.316. The summed E-state index contributed by atoms with van der Waals surface area (Å²) in [5.41, 5.74) is 4.72. The van der Waals surface area contributed by atoms with Crippen molar-refractivity contribution >= 4 is 5.84 Å². The van der Waals surface area contributed by atoms with E-state index in [1.165, 1.54) is 29.8 Å². The van der Waals surface area contributed by atoms with Crippen molar-refractivity contribution in [2.75, 3.05) is 13.1 Å². The van der Waals surface area contributed by atoms with E-state index < -0.39 is 0 Å².